The third kappa shape index (κ3) is 2.67. The van der Waals surface area contributed by atoms with Crippen molar-refractivity contribution in [3.05, 3.63) is 36.0 Å². The monoisotopic (exact) mass is 258 g/mol. The minimum atomic E-state index is 0.467. The first kappa shape index (κ1) is 12.7. The highest BCUT2D eigenvalue weighted by Crippen LogP contribution is 2.22. The third-order valence-corrected chi connectivity index (χ3v) is 3.96. The van der Waals surface area contributed by atoms with Gasteiger partial charge in [0.25, 0.3) is 0 Å². The molecule has 0 saturated carbocycles. The van der Waals surface area contributed by atoms with Crippen LogP contribution in [-0.2, 0) is 17.8 Å². The smallest absolute Gasteiger partial charge is 0.0593 e. The molecule has 1 unspecified atom stereocenters. The number of ether oxygens (including phenoxy) is 1. The summed E-state index contributed by atoms with van der Waals surface area (Å²) < 4.78 is 8.09. The maximum atomic E-state index is 5.72. The molecule has 0 spiro atoms. The number of aryl methyl sites for hydroxylation is 1. The fourth-order valence-electron chi connectivity index (χ4n) is 3.02. The Bertz CT molecular complexity index is 541. The van der Waals surface area contributed by atoms with Crippen molar-refractivity contribution in [1.29, 1.82) is 0 Å². The molecule has 3 rings (SSSR count). The lowest BCUT2D eigenvalue weighted by Crippen LogP contribution is -2.11. The van der Waals surface area contributed by atoms with Gasteiger partial charge in [0.05, 0.1) is 11.6 Å². The highest BCUT2D eigenvalue weighted by Gasteiger charge is 2.15. The topological polar surface area (TPSA) is 26.2 Å². The molecule has 0 amide bonds. The molecule has 1 atom stereocenters. The van der Waals surface area contributed by atoms with E-state index in [-0.39, 0.29) is 0 Å². The van der Waals surface area contributed by atoms with Crippen molar-refractivity contribution >= 4 is 10.9 Å². The number of rotatable bonds is 5. The zero-order valence-corrected chi connectivity index (χ0v) is 11.6. The lowest BCUT2D eigenvalue weighted by atomic mass is 10.1. The van der Waals surface area contributed by atoms with Crippen molar-refractivity contribution in [2.24, 2.45) is 0 Å². The van der Waals surface area contributed by atoms with Crippen LogP contribution >= 0.6 is 0 Å². The zero-order valence-electron chi connectivity index (χ0n) is 11.6. The molecule has 1 fully saturated rings. The average molecular weight is 258 g/mol. The maximum Gasteiger partial charge on any atom is 0.0593 e. The van der Waals surface area contributed by atoms with E-state index in [1.165, 1.54) is 29.3 Å². The van der Waals surface area contributed by atoms with Crippen molar-refractivity contribution in [1.82, 2.24) is 9.88 Å². The molecule has 2 aromatic rings. The Kier molecular flexibility index (Phi) is 3.85. The summed E-state index contributed by atoms with van der Waals surface area (Å²) in [5.74, 6) is 0. The molecule has 1 saturated heterocycles. The molecule has 3 nitrogen and oxygen atoms in total. The second-order valence-electron chi connectivity index (χ2n) is 5.32. The lowest BCUT2D eigenvalue weighted by Gasteiger charge is -2.13. The number of nitrogens with one attached hydrogen (secondary N) is 1. The van der Waals surface area contributed by atoms with E-state index in [1.54, 1.807) is 0 Å². The Balaban J connectivity index is 1.81. The summed E-state index contributed by atoms with van der Waals surface area (Å²) >= 11 is 0. The van der Waals surface area contributed by atoms with Gasteiger partial charge in [0, 0.05) is 25.9 Å². The van der Waals surface area contributed by atoms with E-state index in [1.807, 2.05) is 7.05 Å². The van der Waals surface area contributed by atoms with Crippen molar-refractivity contribution in [3.63, 3.8) is 0 Å². The standard InChI is InChI=1S/C16H22N2O/c1-17-12-14-5-2-4-13-7-9-18(16(13)14)10-8-15-6-3-11-19-15/h2,4-5,7,9,15,17H,3,6,8,10-12H2,1H3. The Morgan fingerprint density at radius 2 is 2.32 bits per heavy atom. The summed E-state index contributed by atoms with van der Waals surface area (Å²) in [4.78, 5) is 0. The highest BCUT2D eigenvalue weighted by atomic mass is 16.5. The summed E-state index contributed by atoms with van der Waals surface area (Å²) in [6, 6.07) is 8.75. The van der Waals surface area contributed by atoms with Gasteiger partial charge in [0.1, 0.15) is 0 Å². The van der Waals surface area contributed by atoms with Crippen molar-refractivity contribution in [3.8, 4) is 0 Å². The Labute approximate surface area is 114 Å². The van der Waals surface area contributed by atoms with Crippen LogP contribution in [0.25, 0.3) is 10.9 Å². The fraction of sp³-hybridized carbons (Fsp3) is 0.500. The maximum absolute atomic E-state index is 5.72. The van der Waals surface area contributed by atoms with E-state index in [0.29, 0.717) is 6.10 Å². The van der Waals surface area contributed by atoms with Crippen molar-refractivity contribution in [2.75, 3.05) is 13.7 Å². The summed E-state index contributed by atoms with van der Waals surface area (Å²) in [6.07, 6.45) is 6.25. The first-order valence-electron chi connectivity index (χ1n) is 7.21. The Morgan fingerprint density at radius 1 is 1.37 bits per heavy atom. The zero-order chi connectivity index (χ0) is 13.1. The fourth-order valence-corrected chi connectivity index (χ4v) is 3.02. The van der Waals surface area contributed by atoms with Crippen molar-refractivity contribution < 1.29 is 4.74 Å². The number of aromatic nitrogens is 1. The van der Waals surface area contributed by atoms with Gasteiger partial charge < -0.3 is 14.6 Å². The van der Waals surface area contributed by atoms with Crippen LogP contribution in [0.1, 0.15) is 24.8 Å². The molecule has 1 N–H and O–H groups in total. The highest BCUT2D eigenvalue weighted by molar-refractivity contribution is 5.83. The van der Waals surface area contributed by atoms with E-state index in [4.69, 9.17) is 4.74 Å². The summed E-state index contributed by atoms with van der Waals surface area (Å²) in [5, 5.41) is 4.59. The predicted octanol–water partition coefficient (Wildman–Crippen LogP) is 2.93. The number of hydrogen-bond acceptors (Lipinski definition) is 2. The van der Waals surface area contributed by atoms with Crippen LogP contribution in [0, 0.1) is 0 Å². The van der Waals surface area contributed by atoms with Crippen LogP contribution in [-0.4, -0.2) is 24.3 Å². The second-order valence-corrected chi connectivity index (χ2v) is 5.32. The molecule has 0 radical (unpaired) electrons. The third-order valence-electron chi connectivity index (χ3n) is 3.96. The first-order valence-corrected chi connectivity index (χ1v) is 7.21. The normalized spacial score (nSPS) is 19.3. The molecule has 1 aromatic carbocycles. The molecular weight excluding hydrogens is 236 g/mol. The quantitative estimate of drug-likeness (QED) is 0.892. The molecule has 1 aliphatic heterocycles. The lowest BCUT2D eigenvalue weighted by molar-refractivity contribution is 0.101. The Morgan fingerprint density at radius 3 is 3.11 bits per heavy atom. The largest absolute Gasteiger partial charge is 0.378 e. The molecule has 19 heavy (non-hydrogen) atoms. The molecule has 1 aromatic heterocycles. The van der Waals surface area contributed by atoms with Crippen LogP contribution in [0.15, 0.2) is 30.5 Å². The average Bonchev–Trinajstić information content (AvgIpc) is 3.06. The van der Waals surface area contributed by atoms with Gasteiger partial charge in [-0.2, -0.15) is 0 Å². The molecule has 2 heterocycles. The number of fused-ring (bicyclic) bond motifs is 1. The van der Waals surface area contributed by atoms with E-state index in [9.17, 15) is 0 Å². The van der Waals surface area contributed by atoms with Gasteiger partial charge in [0.2, 0.25) is 0 Å². The van der Waals surface area contributed by atoms with Gasteiger partial charge in [-0.25, -0.2) is 0 Å². The van der Waals surface area contributed by atoms with Gasteiger partial charge in [-0.15, -0.1) is 0 Å². The Hall–Kier alpha value is -1.32. The summed E-state index contributed by atoms with van der Waals surface area (Å²) in [7, 11) is 2.00. The van der Waals surface area contributed by atoms with Crippen LogP contribution in [0.2, 0.25) is 0 Å². The van der Waals surface area contributed by atoms with Gasteiger partial charge in [0.15, 0.2) is 0 Å². The molecule has 0 aliphatic carbocycles. The SMILES string of the molecule is CNCc1cccc2ccn(CCC3CCCO3)c12. The summed E-state index contributed by atoms with van der Waals surface area (Å²) in [6.45, 7) is 2.91. The van der Waals surface area contributed by atoms with Gasteiger partial charge in [-0.1, -0.05) is 18.2 Å². The van der Waals surface area contributed by atoms with E-state index >= 15 is 0 Å². The van der Waals surface area contributed by atoms with Crippen LogP contribution < -0.4 is 5.32 Å². The van der Waals surface area contributed by atoms with Gasteiger partial charge in [-0.3, -0.25) is 0 Å². The number of nitrogens with zero attached hydrogens (tertiary/aromatic N) is 1. The number of hydrogen-bond donors (Lipinski definition) is 1. The van der Waals surface area contributed by atoms with Crippen molar-refractivity contribution in [2.45, 2.75) is 38.5 Å². The molecule has 1 aliphatic rings. The molecule has 0 bridgehead atoms. The molecular formula is C16H22N2O. The van der Waals surface area contributed by atoms with Gasteiger partial charge in [-0.05, 0) is 43.3 Å². The first-order chi connectivity index (χ1) is 9.38. The van der Waals surface area contributed by atoms with E-state index in [2.05, 4.69) is 40.3 Å². The van der Waals surface area contributed by atoms with Gasteiger partial charge >= 0.3 is 0 Å². The van der Waals surface area contributed by atoms with Crippen LogP contribution in [0.4, 0.5) is 0 Å². The van der Waals surface area contributed by atoms with E-state index < -0.39 is 0 Å². The van der Waals surface area contributed by atoms with E-state index in [0.717, 1.165) is 26.1 Å². The summed E-state index contributed by atoms with van der Waals surface area (Å²) in [5.41, 5.74) is 2.74. The molecule has 102 valence electrons. The second kappa shape index (κ2) is 5.76. The molecule has 3 heteroatoms. The van der Waals surface area contributed by atoms with Crippen LogP contribution in [0.3, 0.4) is 0 Å². The number of para-hydroxylation sites is 1. The predicted molar refractivity (Wildman–Crippen MR) is 78.3 cm³/mol. The minimum absolute atomic E-state index is 0.467. The van der Waals surface area contributed by atoms with Crippen LogP contribution in [0.5, 0.6) is 0 Å². The number of benzene rings is 1. The minimum Gasteiger partial charge on any atom is -0.378 e.